The Kier molecular flexibility index (Phi) is 7.57. The van der Waals surface area contributed by atoms with Gasteiger partial charge in [0.2, 0.25) is 5.91 Å². The first-order valence-corrected chi connectivity index (χ1v) is 15.6. The molecule has 11 nitrogen and oxygen atoms in total. The van der Waals surface area contributed by atoms with E-state index in [4.69, 9.17) is 11.6 Å². The Morgan fingerprint density at radius 1 is 1.09 bits per heavy atom. The maximum Gasteiger partial charge on any atom is 0.435 e. The highest BCUT2D eigenvalue weighted by molar-refractivity contribution is 6.34. The van der Waals surface area contributed by atoms with Gasteiger partial charge in [-0.2, -0.15) is 18.3 Å². The largest absolute Gasteiger partial charge is 0.435 e. The van der Waals surface area contributed by atoms with E-state index in [0.717, 1.165) is 42.9 Å². The van der Waals surface area contributed by atoms with Crippen LogP contribution in [0.5, 0.6) is 0 Å². The Balaban J connectivity index is 0.981. The van der Waals surface area contributed by atoms with Crippen molar-refractivity contribution in [1.29, 1.82) is 0 Å². The van der Waals surface area contributed by atoms with Crippen LogP contribution in [0.3, 0.4) is 0 Å². The molecule has 7 rings (SSSR count). The number of carbonyl (C=O) groups is 3. The van der Waals surface area contributed by atoms with E-state index in [2.05, 4.69) is 26.0 Å². The summed E-state index contributed by atoms with van der Waals surface area (Å²) in [4.78, 5) is 44.8. The summed E-state index contributed by atoms with van der Waals surface area (Å²) in [5, 5.41) is 12.3. The van der Waals surface area contributed by atoms with Gasteiger partial charge in [-0.3, -0.25) is 19.1 Å². The standard InChI is InChI=1S/C30H30ClF5N8O3/c1-42-21(19-13-44(22-9-29(22,32)33)41-24(19)30(34,35)36)10-38-25(42)27(46)39-15-2-3-16(20(31)8-15)26(45)40-23-17-11-43(12-18(17)23)28(47)14-4-6-37-7-5-14/h2-3,8,10,13-14,17-18,22-23,37H,4-7,9,11-12H2,1H3,(H,39,46)(H,40,45). The molecule has 0 radical (unpaired) electrons. The van der Waals surface area contributed by atoms with Gasteiger partial charge in [0.1, 0.15) is 6.04 Å². The highest BCUT2D eigenvalue weighted by Gasteiger charge is 2.60. The molecule has 4 heterocycles. The topological polar surface area (TPSA) is 126 Å². The Morgan fingerprint density at radius 2 is 1.77 bits per heavy atom. The third-order valence-electron chi connectivity index (χ3n) is 9.54. The number of nitrogens with zero attached hydrogens (tertiary/aromatic N) is 5. The maximum atomic E-state index is 13.7. The number of fused-ring (bicyclic) bond motifs is 1. The molecule has 3 amide bonds. The van der Waals surface area contributed by atoms with E-state index in [1.807, 2.05) is 4.90 Å². The molecule has 1 aromatic carbocycles. The number of alkyl halides is 5. The fourth-order valence-corrected chi connectivity index (χ4v) is 7.01. The van der Waals surface area contributed by atoms with Crippen LogP contribution >= 0.6 is 11.6 Å². The Morgan fingerprint density at radius 3 is 2.38 bits per heavy atom. The second-order valence-electron chi connectivity index (χ2n) is 12.6. The van der Waals surface area contributed by atoms with E-state index in [0.29, 0.717) is 17.8 Å². The van der Waals surface area contributed by atoms with Crippen LogP contribution in [0.25, 0.3) is 11.3 Å². The number of benzene rings is 1. The average Bonchev–Trinajstić information content (AvgIpc) is 3.52. The summed E-state index contributed by atoms with van der Waals surface area (Å²) in [6.45, 7) is 2.91. The number of anilines is 1. The van der Waals surface area contributed by atoms with Gasteiger partial charge in [-0.25, -0.2) is 13.8 Å². The number of nitrogens with one attached hydrogen (secondary N) is 3. The fraction of sp³-hybridized carbons (Fsp3) is 0.500. The summed E-state index contributed by atoms with van der Waals surface area (Å²) in [5.74, 6) is -3.94. The van der Waals surface area contributed by atoms with E-state index in [1.54, 1.807) is 0 Å². The van der Waals surface area contributed by atoms with Crippen LogP contribution < -0.4 is 16.0 Å². The highest BCUT2D eigenvalue weighted by Crippen LogP contribution is 2.53. The van der Waals surface area contributed by atoms with Gasteiger partial charge in [-0.15, -0.1) is 0 Å². The predicted molar refractivity (Wildman–Crippen MR) is 158 cm³/mol. The Bertz CT molecular complexity index is 1760. The molecular formula is C30H30ClF5N8O3. The minimum Gasteiger partial charge on any atom is -0.349 e. The van der Waals surface area contributed by atoms with Crippen LogP contribution in [-0.4, -0.2) is 80.1 Å². The minimum absolute atomic E-state index is 0.0525. The number of aromatic nitrogens is 4. The molecule has 17 heteroatoms. The Hall–Kier alpha value is -4.05. The van der Waals surface area contributed by atoms with Crippen LogP contribution in [0.15, 0.2) is 30.6 Å². The van der Waals surface area contributed by atoms with Gasteiger partial charge in [0.05, 0.1) is 28.0 Å². The molecular weight excluding hydrogens is 651 g/mol. The van der Waals surface area contributed by atoms with Gasteiger partial charge in [-0.1, -0.05) is 11.6 Å². The number of likely N-dealkylation sites (tertiary alicyclic amines) is 1. The molecule has 0 spiro atoms. The van der Waals surface area contributed by atoms with E-state index in [-0.39, 0.29) is 63.4 Å². The van der Waals surface area contributed by atoms with E-state index >= 15 is 0 Å². The van der Waals surface area contributed by atoms with Crippen LogP contribution in [-0.2, 0) is 18.0 Å². The normalized spacial score (nSPS) is 25.0. The van der Waals surface area contributed by atoms with Gasteiger partial charge in [0.25, 0.3) is 17.7 Å². The summed E-state index contributed by atoms with van der Waals surface area (Å²) < 4.78 is 70.1. The first-order valence-electron chi connectivity index (χ1n) is 15.2. The number of rotatable bonds is 7. The van der Waals surface area contributed by atoms with Gasteiger partial charge in [0, 0.05) is 62.2 Å². The second kappa shape index (κ2) is 11.3. The lowest BCUT2D eigenvalue weighted by atomic mass is 9.96. The lowest BCUT2D eigenvalue weighted by molar-refractivity contribution is -0.141. The van der Waals surface area contributed by atoms with Crippen molar-refractivity contribution in [2.75, 3.05) is 31.5 Å². The van der Waals surface area contributed by atoms with Gasteiger partial charge in [-0.05, 0) is 44.1 Å². The molecule has 2 saturated heterocycles. The molecule has 250 valence electrons. The van der Waals surface area contributed by atoms with Crippen LogP contribution in [0.4, 0.5) is 27.6 Å². The van der Waals surface area contributed by atoms with Crippen LogP contribution in [0.2, 0.25) is 5.02 Å². The van der Waals surface area contributed by atoms with Crippen LogP contribution in [0, 0.1) is 17.8 Å². The zero-order chi connectivity index (χ0) is 33.4. The van der Waals surface area contributed by atoms with Gasteiger partial charge >= 0.3 is 6.18 Å². The highest BCUT2D eigenvalue weighted by atomic mass is 35.5. The maximum absolute atomic E-state index is 13.7. The van der Waals surface area contributed by atoms with Gasteiger partial charge < -0.3 is 25.4 Å². The third kappa shape index (κ3) is 5.85. The van der Waals surface area contributed by atoms with E-state index in [9.17, 15) is 36.3 Å². The first-order chi connectivity index (χ1) is 22.2. The molecule has 3 aromatic rings. The van der Waals surface area contributed by atoms with Crippen molar-refractivity contribution in [2.24, 2.45) is 24.8 Å². The van der Waals surface area contributed by atoms with Gasteiger partial charge in [0.15, 0.2) is 11.5 Å². The zero-order valence-electron chi connectivity index (χ0n) is 25.0. The molecule has 3 N–H and O–H groups in total. The summed E-state index contributed by atoms with van der Waals surface area (Å²) in [7, 11) is 1.32. The minimum atomic E-state index is -4.94. The van der Waals surface area contributed by atoms with Crippen molar-refractivity contribution >= 4 is 35.0 Å². The molecule has 4 aliphatic rings. The molecule has 3 atom stereocenters. The molecule has 2 aliphatic carbocycles. The zero-order valence-corrected chi connectivity index (χ0v) is 25.7. The van der Waals surface area contributed by atoms with Crippen molar-refractivity contribution in [3.8, 4) is 11.3 Å². The quantitative estimate of drug-likeness (QED) is 0.325. The molecule has 47 heavy (non-hydrogen) atoms. The molecule has 4 fully saturated rings. The summed E-state index contributed by atoms with van der Waals surface area (Å²) in [6, 6.07) is 2.74. The number of amides is 3. The number of hydrogen-bond donors (Lipinski definition) is 3. The number of carbonyl (C=O) groups excluding carboxylic acids is 3. The van der Waals surface area contributed by atoms with Crippen molar-refractivity contribution in [1.82, 2.24) is 34.9 Å². The molecule has 0 bridgehead atoms. The lowest BCUT2D eigenvalue weighted by Gasteiger charge is -2.28. The van der Waals surface area contributed by atoms with Crippen molar-refractivity contribution in [3.63, 3.8) is 0 Å². The van der Waals surface area contributed by atoms with Crippen LogP contribution in [0.1, 0.15) is 52.0 Å². The lowest BCUT2D eigenvalue weighted by Crippen LogP contribution is -2.43. The first kappa shape index (κ1) is 31.5. The summed E-state index contributed by atoms with van der Waals surface area (Å²) in [5.41, 5.74) is -1.61. The van der Waals surface area contributed by atoms with Crippen molar-refractivity contribution < 1.29 is 36.3 Å². The molecule has 2 saturated carbocycles. The molecule has 3 unspecified atom stereocenters. The Labute approximate surface area is 269 Å². The third-order valence-corrected chi connectivity index (χ3v) is 9.86. The molecule has 2 aliphatic heterocycles. The number of halogens is 6. The number of imidazole rings is 1. The number of piperidine rings is 2. The smallest absolute Gasteiger partial charge is 0.349 e. The average molecular weight is 681 g/mol. The predicted octanol–water partition coefficient (Wildman–Crippen LogP) is 3.97. The second-order valence-corrected chi connectivity index (χ2v) is 13.0. The number of hydrogen-bond acceptors (Lipinski definition) is 6. The summed E-state index contributed by atoms with van der Waals surface area (Å²) >= 11 is 6.40. The molecule has 2 aromatic heterocycles. The van der Waals surface area contributed by atoms with E-state index in [1.165, 1.54) is 25.2 Å². The van der Waals surface area contributed by atoms with Crippen molar-refractivity contribution in [3.05, 3.63) is 52.7 Å². The van der Waals surface area contributed by atoms with E-state index < -0.39 is 41.7 Å². The SMILES string of the molecule is Cn1c(-c2cn(C3CC3(F)F)nc2C(F)(F)F)cnc1C(=O)Nc1ccc(C(=O)NC2C3CN(C(=O)C4CCNCC4)CC32)c(Cl)c1. The monoisotopic (exact) mass is 680 g/mol. The fourth-order valence-electron chi connectivity index (χ4n) is 6.75. The van der Waals surface area contributed by atoms with Crippen molar-refractivity contribution in [2.45, 2.75) is 43.4 Å². The summed E-state index contributed by atoms with van der Waals surface area (Å²) in [6.07, 6.45) is -1.96.